The molecule has 0 amide bonds. The standard InChI is InChI=1S/C16H22N2O3/c1-2-3-4-5-8-19-12-6-7-13-14(11-12)16(18-15(13)17)20-9-10-21-16/h6-7,11H,2-5,8-10H2,1H3,(H2,17,18). The Morgan fingerprint density at radius 3 is 2.81 bits per heavy atom. The zero-order valence-electron chi connectivity index (χ0n) is 12.4. The molecular weight excluding hydrogens is 268 g/mol. The maximum atomic E-state index is 7.99. The molecule has 0 saturated carbocycles. The van der Waals surface area contributed by atoms with Crippen molar-refractivity contribution < 1.29 is 14.2 Å². The van der Waals surface area contributed by atoms with E-state index < -0.39 is 5.91 Å². The number of rotatable bonds is 6. The highest BCUT2D eigenvalue weighted by Gasteiger charge is 2.47. The van der Waals surface area contributed by atoms with Crippen molar-refractivity contribution in [3.8, 4) is 5.75 Å². The van der Waals surface area contributed by atoms with Crippen LogP contribution in [0.3, 0.4) is 0 Å². The van der Waals surface area contributed by atoms with Gasteiger partial charge in [0.15, 0.2) is 0 Å². The van der Waals surface area contributed by atoms with Gasteiger partial charge in [0, 0.05) is 11.1 Å². The van der Waals surface area contributed by atoms with Crippen molar-refractivity contribution in [1.82, 2.24) is 5.32 Å². The number of amidine groups is 1. The average molecular weight is 290 g/mol. The minimum Gasteiger partial charge on any atom is -0.494 e. The number of nitrogens with one attached hydrogen (secondary N) is 2. The van der Waals surface area contributed by atoms with Crippen molar-refractivity contribution in [3.05, 3.63) is 29.3 Å². The lowest BCUT2D eigenvalue weighted by molar-refractivity contribution is -0.173. The predicted molar refractivity (Wildman–Crippen MR) is 79.6 cm³/mol. The summed E-state index contributed by atoms with van der Waals surface area (Å²) >= 11 is 0. The molecule has 2 aliphatic heterocycles. The first-order valence-corrected chi connectivity index (χ1v) is 7.67. The van der Waals surface area contributed by atoms with Crippen LogP contribution >= 0.6 is 0 Å². The zero-order chi connectivity index (χ0) is 14.7. The maximum absolute atomic E-state index is 7.99. The van der Waals surface area contributed by atoms with E-state index in [2.05, 4.69) is 12.2 Å². The first-order valence-electron chi connectivity index (χ1n) is 7.67. The molecule has 0 aromatic heterocycles. The summed E-state index contributed by atoms with van der Waals surface area (Å²) in [6, 6.07) is 5.73. The lowest BCUT2D eigenvalue weighted by Crippen LogP contribution is -2.40. The zero-order valence-corrected chi connectivity index (χ0v) is 12.4. The van der Waals surface area contributed by atoms with E-state index in [0.717, 1.165) is 29.9 Å². The largest absolute Gasteiger partial charge is 0.494 e. The fourth-order valence-electron chi connectivity index (χ4n) is 2.76. The third-order valence-electron chi connectivity index (χ3n) is 3.87. The summed E-state index contributed by atoms with van der Waals surface area (Å²) in [7, 11) is 0. The first kappa shape index (κ1) is 14.4. The SMILES string of the molecule is CCCCCCOc1ccc2c(c1)C1(NC2=N)OCCO1. The van der Waals surface area contributed by atoms with Gasteiger partial charge in [0.05, 0.1) is 19.8 Å². The van der Waals surface area contributed by atoms with Crippen LogP contribution in [0, 0.1) is 5.41 Å². The van der Waals surface area contributed by atoms with Crippen LogP contribution in [0.1, 0.15) is 43.7 Å². The van der Waals surface area contributed by atoms with Crippen LogP contribution < -0.4 is 10.1 Å². The number of fused-ring (bicyclic) bond motifs is 2. The molecule has 0 atom stereocenters. The second-order valence-electron chi connectivity index (χ2n) is 5.43. The van der Waals surface area contributed by atoms with E-state index in [0.29, 0.717) is 19.0 Å². The molecule has 2 heterocycles. The molecule has 0 radical (unpaired) electrons. The van der Waals surface area contributed by atoms with Gasteiger partial charge in [0.1, 0.15) is 11.6 Å². The number of unbranched alkanes of at least 4 members (excludes halogenated alkanes) is 3. The molecule has 5 nitrogen and oxygen atoms in total. The molecule has 0 bridgehead atoms. The third-order valence-corrected chi connectivity index (χ3v) is 3.87. The van der Waals surface area contributed by atoms with Crippen molar-refractivity contribution >= 4 is 5.84 Å². The Morgan fingerprint density at radius 1 is 1.24 bits per heavy atom. The van der Waals surface area contributed by atoms with Crippen molar-refractivity contribution in [2.45, 2.75) is 38.5 Å². The van der Waals surface area contributed by atoms with Crippen LogP contribution in [0.5, 0.6) is 5.75 Å². The van der Waals surface area contributed by atoms with E-state index in [9.17, 15) is 0 Å². The molecule has 1 fully saturated rings. The highest BCUT2D eigenvalue weighted by molar-refractivity contribution is 6.01. The van der Waals surface area contributed by atoms with E-state index in [1.54, 1.807) is 0 Å². The monoisotopic (exact) mass is 290 g/mol. The Hall–Kier alpha value is -1.59. The minimum absolute atomic E-state index is 0.335. The van der Waals surface area contributed by atoms with Crippen LogP contribution in [0.15, 0.2) is 18.2 Å². The van der Waals surface area contributed by atoms with Crippen LogP contribution in [-0.4, -0.2) is 25.7 Å². The maximum Gasteiger partial charge on any atom is 0.279 e. The van der Waals surface area contributed by atoms with Gasteiger partial charge in [0.25, 0.3) is 5.91 Å². The Labute approximate surface area is 125 Å². The van der Waals surface area contributed by atoms with E-state index in [1.807, 2.05) is 18.2 Å². The van der Waals surface area contributed by atoms with Gasteiger partial charge in [-0.05, 0) is 24.6 Å². The van der Waals surface area contributed by atoms with Crippen LogP contribution in [0.25, 0.3) is 0 Å². The first-order chi connectivity index (χ1) is 10.2. The molecule has 2 N–H and O–H groups in total. The molecule has 1 saturated heterocycles. The Bertz CT molecular complexity index is 524. The van der Waals surface area contributed by atoms with Gasteiger partial charge < -0.3 is 19.5 Å². The Kier molecular flexibility index (Phi) is 4.12. The summed E-state index contributed by atoms with van der Waals surface area (Å²) in [5.41, 5.74) is 1.66. The molecule has 1 spiro atoms. The highest BCUT2D eigenvalue weighted by atomic mass is 16.8. The molecule has 5 heteroatoms. The van der Waals surface area contributed by atoms with E-state index >= 15 is 0 Å². The van der Waals surface area contributed by atoms with Crippen molar-refractivity contribution in [1.29, 1.82) is 5.41 Å². The van der Waals surface area contributed by atoms with Gasteiger partial charge in [-0.2, -0.15) is 0 Å². The lowest BCUT2D eigenvalue weighted by atomic mass is 10.1. The summed E-state index contributed by atoms with van der Waals surface area (Å²) < 4.78 is 17.2. The fraction of sp³-hybridized carbons (Fsp3) is 0.562. The number of benzene rings is 1. The second kappa shape index (κ2) is 6.03. The van der Waals surface area contributed by atoms with Gasteiger partial charge in [-0.25, -0.2) is 0 Å². The summed E-state index contributed by atoms with van der Waals surface area (Å²) in [5.74, 6) is 0.162. The molecule has 21 heavy (non-hydrogen) atoms. The molecular formula is C16H22N2O3. The highest BCUT2D eigenvalue weighted by Crippen LogP contribution is 2.38. The van der Waals surface area contributed by atoms with Gasteiger partial charge in [-0.15, -0.1) is 0 Å². The number of hydrogen-bond donors (Lipinski definition) is 2. The average Bonchev–Trinajstić information content (AvgIpc) is 3.06. The third kappa shape index (κ3) is 2.76. The Balaban J connectivity index is 1.70. The van der Waals surface area contributed by atoms with Gasteiger partial charge in [-0.3, -0.25) is 5.41 Å². The summed E-state index contributed by atoms with van der Waals surface area (Å²) in [6.07, 6.45) is 4.74. The molecule has 1 aromatic carbocycles. The predicted octanol–water partition coefficient (Wildman–Crippen LogP) is 2.73. The van der Waals surface area contributed by atoms with E-state index in [1.165, 1.54) is 19.3 Å². The molecule has 3 rings (SSSR count). The lowest BCUT2D eigenvalue weighted by Gasteiger charge is -2.23. The van der Waals surface area contributed by atoms with E-state index in [-0.39, 0.29) is 0 Å². The minimum atomic E-state index is -0.978. The normalized spacial score (nSPS) is 18.8. The fourth-order valence-corrected chi connectivity index (χ4v) is 2.76. The van der Waals surface area contributed by atoms with Crippen LogP contribution in [0.4, 0.5) is 0 Å². The van der Waals surface area contributed by atoms with Crippen LogP contribution in [-0.2, 0) is 15.4 Å². The summed E-state index contributed by atoms with van der Waals surface area (Å²) in [6.45, 7) is 3.98. The van der Waals surface area contributed by atoms with Crippen molar-refractivity contribution in [3.63, 3.8) is 0 Å². The van der Waals surface area contributed by atoms with E-state index in [4.69, 9.17) is 19.6 Å². The van der Waals surface area contributed by atoms with Crippen molar-refractivity contribution in [2.24, 2.45) is 0 Å². The van der Waals surface area contributed by atoms with Crippen LogP contribution in [0.2, 0.25) is 0 Å². The molecule has 114 valence electrons. The molecule has 1 aromatic rings. The topological polar surface area (TPSA) is 63.6 Å². The van der Waals surface area contributed by atoms with Gasteiger partial charge >= 0.3 is 0 Å². The molecule has 2 aliphatic rings. The Morgan fingerprint density at radius 2 is 2.05 bits per heavy atom. The second-order valence-corrected chi connectivity index (χ2v) is 5.43. The summed E-state index contributed by atoms with van der Waals surface area (Å²) in [5, 5.41) is 11.0. The van der Waals surface area contributed by atoms with Gasteiger partial charge in [-0.1, -0.05) is 26.2 Å². The molecule has 0 unspecified atom stereocenters. The van der Waals surface area contributed by atoms with Gasteiger partial charge in [0.2, 0.25) is 0 Å². The van der Waals surface area contributed by atoms with Crippen molar-refractivity contribution in [2.75, 3.05) is 19.8 Å². The smallest absolute Gasteiger partial charge is 0.279 e. The molecule has 0 aliphatic carbocycles. The number of ether oxygens (including phenoxy) is 3. The number of hydrogen-bond acceptors (Lipinski definition) is 4. The summed E-state index contributed by atoms with van der Waals surface area (Å²) in [4.78, 5) is 0. The quantitative estimate of drug-likeness (QED) is 0.791.